The van der Waals surface area contributed by atoms with Gasteiger partial charge in [0.25, 0.3) is 0 Å². The van der Waals surface area contributed by atoms with Gasteiger partial charge in [0.15, 0.2) is 16.9 Å². The molecule has 7 nitrogen and oxygen atoms in total. The van der Waals surface area contributed by atoms with Crippen LogP contribution in [0.15, 0.2) is 27.9 Å². The van der Waals surface area contributed by atoms with Crippen molar-refractivity contribution in [2.75, 3.05) is 40.7 Å². The molecule has 2 aromatic carbocycles. The lowest BCUT2D eigenvalue weighted by Crippen LogP contribution is -2.41. The molecule has 184 valence electrons. The van der Waals surface area contributed by atoms with E-state index in [1.165, 1.54) is 26.0 Å². The number of ether oxygens (including phenoxy) is 3. The van der Waals surface area contributed by atoms with Crippen molar-refractivity contribution in [3.63, 3.8) is 0 Å². The normalized spacial score (nSPS) is 14.4. The maximum atomic E-state index is 13.0. The molecule has 34 heavy (non-hydrogen) atoms. The molecule has 0 heterocycles. The Bertz CT molecular complexity index is 1140. The Balaban J connectivity index is 2.36. The molecular weight excluding hydrogens is 476 g/mol. The molecule has 1 aliphatic carbocycles. The number of amides is 2. The fraction of sp³-hybridized carbons (Fsp3) is 0.440. The fourth-order valence-electron chi connectivity index (χ4n) is 4.44. The molecule has 0 fully saturated rings. The second kappa shape index (κ2) is 11.2. The number of urea groups is 1. The molecule has 1 N–H and O–H groups in total. The summed E-state index contributed by atoms with van der Waals surface area (Å²) in [6.45, 7) is 5.04. The monoisotopic (exact) mass is 506 g/mol. The van der Waals surface area contributed by atoms with Crippen molar-refractivity contribution in [2.24, 2.45) is 0 Å². The summed E-state index contributed by atoms with van der Waals surface area (Å²) >= 11 is 8.21. The highest BCUT2D eigenvalue weighted by Crippen LogP contribution is 2.54. The first-order valence-electron chi connectivity index (χ1n) is 11.1. The Morgan fingerprint density at radius 1 is 1.12 bits per heavy atom. The van der Waals surface area contributed by atoms with E-state index in [-0.39, 0.29) is 11.5 Å². The van der Waals surface area contributed by atoms with Crippen molar-refractivity contribution in [1.29, 1.82) is 0 Å². The molecule has 0 saturated heterocycles. The predicted octanol–water partition coefficient (Wildman–Crippen LogP) is 5.15. The summed E-state index contributed by atoms with van der Waals surface area (Å²) in [5.74, 6) is 1.24. The minimum atomic E-state index is -0.400. The third-order valence-electron chi connectivity index (χ3n) is 6.16. The molecule has 0 unspecified atom stereocenters. The third kappa shape index (κ3) is 4.66. The molecule has 2 aromatic rings. The summed E-state index contributed by atoms with van der Waals surface area (Å²) < 4.78 is 17.0. The summed E-state index contributed by atoms with van der Waals surface area (Å²) in [4.78, 5) is 28.3. The number of nitrogens with one attached hydrogen (secondary N) is 1. The first-order chi connectivity index (χ1) is 16.4. The summed E-state index contributed by atoms with van der Waals surface area (Å²) in [6.07, 6.45) is 2.94. The van der Waals surface area contributed by atoms with E-state index >= 15 is 0 Å². The number of hydrogen-bond donors (Lipinski definition) is 1. The van der Waals surface area contributed by atoms with Crippen LogP contribution in [0.5, 0.6) is 17.2 Å². The highest BCUT2D eigenvalue weighted by Gasteiger charge is 2.32. The van der Waals surface area contributed by atoms with E-state index in [9.17, 15) is 9.59 Å². The van der Waals surface area contributed by atoms with Crippen molar-refractivity contribution in [1.82, 2.24) is 10.2 Å². The van der Waals surface area contributed by atoms with Gasteiger partial charge in [-0.3, -0.25) is 4.79 Å². The minimum absolute atomic E-state index is 0.107. The van der Waals surface area contributed by atoms with E-state index in [1.54, 1.807) is 24.1 Å². The Morgan fingerprint density at radius 3 is 2.32 bits per heavy atom. The lowest BCUT2D eigenvalue weighted by molar-refractivity contribution is 0.198. The number of carbonyl (C=O) groups excluding carboxylic acids is 1. The van der Waals surface area contributed by atoms with Crippen LogP contribution in [0, 0.1) is 0 Å². The topological polar surface area (TPSA) is 77.1 Å². The third-order valence-corrected chi connectivity index (χ3v) is 7.33. The van der Waals surface area contributed by atoms with Gasteiger partial charge in [0.2, 0.25) is 5.75 Å². The summed E-state index contributed by atoms with van der Waals surface area (Å²) in [7, 11) is 4.62. The molecule has 0 radical (unpaired) electrons. The molecule has 3 rings (SSSR count). The van der Waals surface area contributed by atoms with Gasteiger partial charge < -0.3 is 24.4 Å². The van der Waals surface area contributed by atoms with Crippen molar-refractivity contribution in [3.05, 3.63) is 44.6 Å². The Labute approximate surface area is 209 Å². The average Bonchev–Trinajstić information content (AvgIpc) is 3.08. The highest BCUT2D eigenvalue weighted by atomic mass is 35.5. The second-order valence-electron chi connectivity index (χ2n) is 7.76. The highest BCUT2D eigenvalue weighted by molar-refractivity contribution is 7.98. The minimum Gasteiger partial charge on any atom is -0.492 e. The Hall–Kier alpha value is -2.58. The van der Waals surface area contributed by atoms with Gasteiger partial charge in [-0.2, -0.15) is 0 Å². The van der Waals surface area contributed by atoms with E-state index in [1.807, 2.05) is 26.2 Å². The molecule has 1 atom stereocenters. The van der Waals surface area contributed by atoms with Gasteiger partial charge in [0.1, 0.15) is 0 Å². The standard InChI is InChI=1S/C25H31ClN2O5S/c1-7-28(8-2)25(30)27-17-11-9-15-20(14-10-12-19(34-6)18(29)13-16(14)17)22(31-3)24(33-5)23(32-4)21(15)26/h10,12-13,17H,7-9,11H2,1-6H3,(H,27,30)/t17-/m0/s1. The molecule has 0 aromatic heterocycles. The van der Waals surface area contributed by atoms with Gasteiger partial charge in [0, 0.05) is 18.7 Å². The number of methoxy groups -OCH3 is 3. The fourth-order valence-corrected chi connectivity index (χ4v) is 5.26. The summed E-state index contributed by atoms with van der Waals surface area (Å²) in [5.41, 5.74) is 2.93. The number of rotatable bonds is 7. The van der Waals surface area contributed by atoms with Crippen molar-refractivity contribution >= 4 is 29.4 Å². The van der Waals surface area contributed by atoms with E-state index in [4.69, 9.17) is 25.8 Å². The van der Waals surface area contributed by atoms with E-state index < -0.39 is 6.04 Å². The second-order valence-corrected chi connectivity index (χ2v) is 8.99. The Morgan fingerprint density at radius 2 is 1.76 bits per heavy atom. The SMILES string of the molecule is CCN(CC)C(=O)N[C@H]1CCc2c(Cl)c(OC)c(OC)c(OC)c2-c2ccc(SC)c(=O)cc21. The van der Waals surface area contributed by atoms with Crippen molar-refractivity contribution in [3.8, 4) is 28.4 Å². The van der Waals surface area contributed by atoms with Crippen molar-refractivity contribution in [2.45, 2.75) is 37.6 Å². The quantitative estimate of drug-likeness (QED) is 0.523. The number of hydrogen-bond acceptors (Lipinski definition) is 6. The van der Waals surface area contributed by atoms with E-state index in [2.05, 4.69) is 5.32 Å². The van der Waals surface area contributed by atoms with E-state index in [0.29, 0.717) is 58.7 Å². The summed E-state index contributed by atoms with van der Waals surface area (Å²) in [6, 6.07) is 4.74. The number of carbonyl (C=O) groups is 1. The van der Waals surface area contributed by atoms with Crippen LogP contribution in [-0.2, 0) is 6.42 Å². The summed E-state index contributed by atoms with van der Waals surface area (Å²) in [5, 5.41) is 3.57. The van der Waals surface area contributed by atoms with Crippen LogP contribution in [0.4, 0.5) is 4.79 Å². The zero-order valence-electron chi connectivity index (χ0n) is 20.4. The molecule has 1 aliphatic rings. The van der Waals surface area contributed by atoms with Crippen LogP contribution in [0.25, 0.3) is 11.1 Å². The number of fused-ring (bicyclic) bond motifs is 3. The van der Waals surface area contributed by atoms with Gasteiger partial charge in [-0.15, -0.1) is 11.8 Å². The van der Waals surface area contributed by atoms with Gasteiger partial charge in [-0.1, -0.05) is 17.7 Å². The van der Waals surface area contributed by atoms with Crippen LogP contribution < -0.4 is 25.0 Å². The van der Waals surface area contributed by atoms with Crippen LogP contribution in [0.3, 0.4) is 0 Å². The predicted molar refractivity (Wildman–Crippen MR) is 137 cm³/mol. The number of thioether (sulfide) groups is 1. The molecule has 0 bridgehead atoms. The molecule has 9 heteroatoms. The zero-order valence-corrected chi connectivity index (χ0v) is 22.0. The van der Waals surface area contributed by atoms with Gasteiger partial charge >= 0.3 is 6.03 Å². The van der Waals surface area contributed by atoms with Crippen LogP contribution in [0.2, 0.25) is 5.02 Å². The largest absolute Gasteiger partial charge is 0.492 e. The number of halogens is 1. The maximum Gasteiger partial charge on any atom is 0.317 e. The molecule has 0 aliphatic heterocycles. The van der Waals surface area contributed by atoms with Crippen LogP contribution >= 0.6 is 23.4 Å². The average molecular weight is 507 g/mol. The lowest BCUT2D eigenvalue weighted by atomic mass is 9.95. The zero-order chi connectivity index (χ0) is 25.0. The van der Waals surface area contributed by atoms with Crippen molar-refractivity contribution < 1.29 is 19.0 Å². The number of nitrogens with zero attached hydrogens (tertiary/aromatic N) is 1. The smallest absolute Gasteiger partial charge is 0.317 e. The first kappa shape index (κ1) is 26.0. The molecule has 2 amide bonds. The van der Waals surface area contributed by atoms with Crippen LogP contribution in [0.1, 0.15) is 37.4 Å². The lowest BCUT2D eigenvalue weighted by Gasteiger charge is -2.24. The molecule has 0 spiro atoms. The molecule has 0 saturated carbocycles. The van der Waals surface area contributed by atoms with Gasteiger partial charge in [-0.05, 0) is 61.8 Å². The first-order valence-corrected chi connectivity index (χ1v) is 12.7. The Kier molecular flexibility index (Phi) is 8.60. The number of benzene rings is 1. The van der Waals surface area contributed by atoms with Crippen LogP contribution in [-0.4, -0.2) is 51.6 Å². The van der Waals surface area contributed by atoms with Gasteiger partial charge in [-0.25, -0.2) is 4.79 Å². The maximum absolute atomic E-state index is 13.0. The van der Waals surface area contributed by atoms with E-state index in [0.717, 1.165) is 16.7 Å². The van der Waals surface area contributed by atoms with Gasteiger partial charge in [0.05, 0.1) is 37.3 Å². The molecular formula is C25H31ClN2O5S.